The first-order valence-corrected chi connectivity index (χ1v) is 8.43. The van der Waals surface area contributed by atoms with Crippen LogP contribution in [-0.4, -0.2) is 27.7 Å². The van der Waals surface area contributed by atoms with Crippen molar-refractivity contribution in [2.24, 2.45) is 0 Å². The number of nitrogens with zero attached hydrogens (tertiary/aromatic N) is 3. The van der Waals surface area contributed by atoms with E-state index >= 15 is 0 Å². The summed E-state index contributed by atoms with van der Waals surface area (Å²) in [5.74, 6) is 0. The first-order chi connectivity index (χ1) is 13.1. The van der Waals surface area contributed by atoms with Gasteiger partial charge in [0.1, 0.15) is 11.1 Å². The van der Waals surface area contributed by atoms with E-state index in [1.807, 2.05) is 24.3 Å². The largest absolute Gasteiger partial charge is 0.450 e. The monoisotopic (exact) mass is 364 g/mol. The number of carbonyl (C=O) groups is 1. The van der Waals surface area contributed by atoms with Crippen LogP contribution in [-0.2, 0) is 11.3 Å². The number of nitrogens with one attached hydrogen (secondary N) is 1. The number of carbonyl (C=O) groups excluding carboxylic acids is 1. The zero-order valence-electron chi connectivity index (χ0n) is 14.5. The molecule has 136 valence electrons. The minimum atomic E-state index is -0.565. The number of hydrogen-bond donors (Lipinski definition) is 1. The van der Waals surface area contributed by atoms with Gasteiger partial charge in [0.25, 0.3) is 0 Å². The Bertz CT molecular complexity index is 1200. The fourth-order valence-electron chi connectivity index (χ4n) is 2.92. The minimum Gasteiger partial charge on any atom is -0.450 e. The van der Waals surface area contributed by atoms with Gasteiger partial charge in [-0.25, -0.2) is 14.3 Å². The van der Waals surface area contributed by atoms with Gasteiger partial charge in [0.2, 0.25) is 0 Å². The molecule has 2 heterocycles. The van der Waals surface area contributed by atoms with Crippen molar-refractivity contribution in [2.75, 3.05) is 11.9 Å². The van der Waals surface area contributed by atoms with Crippen LogP contribution in [0.2, 0.25) is 0 Å². The third kappa shape index (κ3) is 3.37. The second kappa shape index (κ2) is 6.91. The number of amides is 1. The molecule has 0 aliphatic carbocycles. The number of rotatable bonds is 4. The Morgan fingerprint density at radius 3 is 2.93 bits per heavy atom. The smallest absolute Gasteiger partial charge is 0.411 e. The van der Waals surface area contributed by atoms with Crippen LogP contribution >= 0.6 is 0 Å². The van der Waals surface area contributed by atoms with Crippen molar-refractivity contribution >= 4 is 33.8 Å². The maximum absolute atomic E-state index is 12.0. The molecule has 8 heteroatoms. The minimum absolute atomic E-state index is 0.268. The molecule has 0 saturated carbocycles. The number of hydrogen-bond acceptors (Lipinski definition) is 6. The molecule has 0 aliphatic heterocycles. The molecule has 0 spiro atoms. The van der Waals surface area contributed by atoms with Crippen molar-refractivity contribution in [3.05, 3.63) is 64.5 Å². The number of para-hydroxylation sites is 1. The van der Waals surface area contributed by atoms with Crippen LogP contribution in [0, 0.1) is 0 Å². The van der Waals surface area contributed by atoms with E-state index in [1.54, 1.807) is 29.8 Å². The summed E-state index contributed by atoms with van der Waals surface area (Å²) >= 11 is 0. The highest BCUT2D eigenvalue weighted by molar-refractivity contribution is 5.90. The molecule has 0 saturated heterocycles. The van der Waals surface area contributed by atoms with E-state index in [9.17, 15) is 9.59 Å². The Morgan fingerprint density at radius 2 is 2.07 bits per heavy atom. The van der Waals surface area contributed by atoms with Gasteiger partial charge in [-0.3, -0.25) is 5.32 Å². The molecule has 0 atom stereocenters. The van der Waals surface area contributed by atoms with Gasteiger partial charge in [-0.05, 0) is 36.8 Å². The van der Waals surface area contributed by atoms with Gasteiger partial charge in [-0.2, -0.15) is 0 Å². The average Bonchev–Trinajstić information content (AvgIpc) is 3.04. The fraction of sp³-hybridized carbons (Fsp3) is 0.158. The number of anilines is 1. The molecular weight excluding hydrogens is 348 g/mol. The van der Waals surface area contributed by atoms with Gasteiger partial charge >= 0.3 is 11.7 Å². The SMILES string of the molecule is CCOC(=O)Nc1ccc2c(Cn3nnc4ccccc43)cc(=O)oc2c1. The molecule has 2 aromatic carbocycles. The molecule has 1 N–H and O–H groups in total. The highest BCUT2D eigenvalue weighted by atomic mass is 16.5. The summed E-state index contributed by atoms with van der Waals surface area (Å²) in [6.45, 7) is 2.36. The van der Waals surface area contributed by atoms with E-state index in [-0.39, 0.29) is 6.61 Å². The molecule has 0 radical (unpaired) electrons. The van der Waals surface area contributed by atoms with Crippen molar-refractivity contribution in [3.63, 3.8) is 0 Å². The van der Waals surface area contributed by atoms with Crippen molar-refractivity contribution in [1.82, 2.24) is 15.0 Å². The number of aromatic nitrogens is 3. The highest BCUT2D eigenvalue weighted by Gasteiger charge is 2.11. The predicted molar refractivity (Wildman–Crippen MR) is 99.8 cm³/mol. The predicted octanol–water partition coefficient (Wildman–Crippen LogP) is 3.15. The van der Waals surface area contributed by atoms with Crippen LogP contribution in [0.25, 0.3) is 22.0 Å². The first kappa shape index (κ1) is 16.8. The molecule has 0 unspecified atom stereocenters. The lowest BCUT2D eigenvalue weighted by atomic mass is 10.1. The molecule has 0 bridgehead atoms. The van der Waals surface area contributed by atoms with Gasteiger partial charge in [-0.15, -0.1) is 5.10 Å². The molecule has 2 aromatic heterocycles. The van der Waals surface area contributed by atoms with Gasteiger partial charge in [0, 0.05) is 23.2 Å². The van der Waals surface area contributed by atoms with Crippen LogP contribution < -0.4 is 10.9 Å². The van der Waals surface area contributed by atoms with E-state index in [0.717, 1.165) is 22.0 Å². The third-order valence-corrected chi connectivity index (χ3v) is 4.09. The Labute approximate surface area is 153 Å². The lowest BCUT2D eigenvalue weighted by molar-refractivity contribution is 0.168. The van der Waals surface area contributed by atoms with Crippen molar-refractivity contribution < 1.29 is 13.9 Å². The van der Waals surface area contributed by atoms with Crippen LogP contribution in [0.4, 0.5) is 10.5 Å². The molecule has 4 aromatic rings. The lowest BCUT2D eigenvalue weighted by Crippen LogP contribution is -2.13. The number of fused-ring (bicyclic) bond motifs is 2. The Hall–Kier alpha value is -3.68. The van der Waals surface area contributed by atoms with E-state index in [0.29, 0.717) is 17.8 Å². The summed E-state index contributed by atoms with van der Waals surface area (Å²) in [7, 11) is 0. The molecule has 27 heavy (non-hydrogen) atoms. The van der Waals surface area contributed by atoms with E-state index < -0.39 is 11.7 Å². The standard InChI is InChI=1S/C19H16N4O4/c1-2-26-19(25)20-13-7-8-14-12(9-18(24)27-17(14)10-13)11-23-16-6-4-3-5-15(16)21-22-23/h3-10H,2,11H2,1H3,(H,20,25). The van der Waals surface area contributed by atoms with Gasteiger partial charge in [0.05, 0.1) is 18.7 Å². The lowest BCUT2D eigenvalue weighted by Gasteiger charge is -2.09. The summed E-state index contributed by atoms with van der Waals surface area (Å²) in [5.41, 5.74) is 2.78. The summed E-state index contributed by atoms with van der Waals surface area (Å²) in [6.07, 6.45) is -0.565. The Kier molecular flexibility index (Phi) is 4.29. The molecular formula is C19H16N4O4. The topological polar surface area (TPSA) is 99.2 Å². The van der Waals surface area contributed by atoms with Crippen molar-refractivity contribution in [2.45, 2.75) is 13.5 Å². The fourth-order valence-corrected chi connectivity index (χ4v) is 2.92. The van der Waals surface area contributed by atoms with Gasteiger partial charge in [-0.1, -0.05) is 17.3 Å². The highest BCUT2D eigenvalue weighted by Crippen LogP contribution is 2.23. The third-order valence-electron chi connectivity index (χ3n) is 4.09. The number of benzene rings is 2. The zero-order chi connectivity index (χ0) is 18.8. The quantitative estimate of drug-likeness (QED) is 0.559. The second-order valence-corrected chi connectivity index (χ2v) is 5.88. The normalized spacial score (nSPS) is 11.0. The first-order valence-electron chi connectivity index (χ1n) is 8.43. The Balaban J connectivity index is 1.72. The van der Waals surface area contributed by atoms with E-state index in [2.05, 4.69) is 15.6 Å². The van der Waals surface area contributed by atoms with Crippen LogP contribution in [0.1, 0.15) is 12.5 Å². The zero-order valence-corrected chi connectivity index (χ0v) is 14.5. The summed E-state index contributed by atoms with van der Waals surface area (Å²) < 4.78 is 11.9. The molecule has 0 fully saturated rings. The van der Waals surface area contributed by atoms with Crippen LogP contribution in [0.15, 0.2) is 57.7 Å². The van der Waals surface area contributed by atoms with Crippen LogP contribution in [0.3, 0.4) is 0 Å². The average molecular weight is 364 g/mol. The second-order valence-electron chi connectivity index (χ2n) is 5.88. The van der Waals surface area contributed by atoms with Gasteiger partial charge in [0.15, 0.2) is 0 Å². The summed E-state index contributed by atoms with van der Waals surface area (Å²) in [5, 5.41) is 11.6. The van der Waals surface area contributed by atoms with Crippen LogP contribution in [0.5, 0.6) is 0 Å². The maximum atomic E-state index is 12.0. The van der Waals surface area contributed by atoms with Gasteiger partial charge < -0.3 is 9.15 Å². The molecule has 0 aliphatic rings. The van der Waals surface area contributed by atoms with Crippen molar-refractivity contribution in [3.8, 4) is 0 Å². The number of ether oxygens (including phenoxy) is 1. The summed E-state index contributed by atoms with van der Waals surface area (Å²) in [4.78, 5) is 23.6. The maximum Gasteiger partial charge on any atom is 0.411 e. The molecule has 4 rings (SSSR count). The van der Waals surface area contributed by atoms with E-state index in [1.165, 1.54) is 6.07 Å². The van der Waals surface area contributed by atoms with Crippen molar-refractivity contribution in [1.29, 1.82) is 0 Å². The van der Waals surface area contributed by atoms with E-state index in [4.69, 9.17) is 9.15 Å². The summed E-state index contributed by atoms with van der Waals surface area (Å²) in [6, 6.07) is 14.2. The Morgan fingerprint density at radius 1 is 1.22 bits per heavy atom. The molecule has 8 nitrogen and oxygen atoms in total. The molecule has 1 amide bonds.